The molecule has 2 radical (unpaired) electrons. The summed E-state index contributed by atoms with van der Waals surface area (Å²) in [5.74, 6) is 0.636. The van der Waals surface area contributed by atoms with Crippen molar-refractivity contribution in [3.8, 4) is 0 Å². The molecule has 76 valence electrons. The summed E-state index contributed by atoms with van der Waals surface area (Å²) in [5, 5.41) is 0. The molecule has 0 amide bonds. The van der Waals surface area contributed by atoms with Crippen molar-refractivity contribution in [1.29, 1.82) is 0 Å². The Labute approximate surface area is 92.0 Å². The summed E-state index contributed by atoms with van der Waals surface area (Å²) in [6.45, 7) is 2.29. The monoisotopic (exact) mass is 196 g/mol. The highest BCUT2D eigenvalue weighted by Crippen LogP contribution is 2.49. The molecule has 0 spiro atoms. The van der Waals surface area contributed by atoms with Crippen LogP contribution in [-0.4, -0.2) is 0 Å². The third-order valence-electron chi connectivity index (χ3n) is 3.66. The van der Waals surface area contributed by atoms with Gasteiger partial charge in [-0.3, -0.25) is 0 Å². The fourth-order valence-electron chi connectivity index (χ4n) is 3.00. The summed E-state index contributed by atoms with van der Waals surface area (Å²) in [4.78, 5) is 0. The van der Waals surface area contributed by atoms with Gasteiger partial charge in [-0.15, -0.1) is 0 Å². The first-order chi connectivity index (χ1) is 7.42. The minimum absolute atomic E-state index is 0.636. The molecule has 0 saturated carbocycles. The van der Waals surface area contributed by atoms with Gasteiger partial charge >= 0.3 is 0 Å². The topological polar surface area (TPSA) is 0 Å². The van der Waals surface area contributed by atoms with Crippen LogP contribution in [0.3, 0.4) is 0 Å². The zero-order chi connectivity index (χ0) is 10.3. The molecule has 1 aromatic rings. The fraction of sp³-hybridized carbons (Fsp3) is 0.400. The van der Waals surface area contributed by atoms with E-state index in [2.05, 4.69) is 37.6 Å². The van der Waals surface area contributed by atoms with Gasteiger partial charge in [0.15, 0.2) is 0 Å². The molecule has 15 heavy (non-hydrogen) atoms. The number of allylic oxidation sites excluding steroid dienone is 2. The Hall–Kier alpha value is -1.04. The van der Waals surface area contributed by atoms with Crippen molar-refractivity contribution in [2.75, 3.05) is 0 Å². The molecule has 0 aromatic heterocycles. The lowest BCUT2D eigenvalue weighted by Gasteiger charge is -2.17. The van der Waals surface area contributed by atoms with E-state index in [0.717, 1.165) is 6.42 Å². The number of rotatable bonds is 1. The number of hydrogen-bond acceptors (Lipinski definition) is 0. The zero-order valence-electron chi connectivity index (χ0n) is 9.22. The first-order valence-electron chi connectivity index (χ1n) is 5.98. The van der Waals surface area contributed by atoms with Crippen molar-refractivity contribution in [2.24, 2.45) is 0 Å². The summed E-state index contributed by atoms with van der Waals surface area (Å²) in [5.41, 5.74) is 6.15. The second-order valence-corrected chi connectivity index (χ2v) is 4.47. The predicted octanol–water partition coefficient (Wildman–Crippen LogP) is 4.21. The lowest BCUT2D eigenvalue weighted by molar-refractivity contribution is 0.733. The molecule has 0 bridgehead atoms. The van der Waals surface area contributed by atoms with Crippen LogP contribution in [-0.2, 0) is 0 Å². The largest absolute Gasteiger partial charge is 0.0645 e. The predicted molar refractivity (Wildman–Crippen MR) is 63.5 cm³/mol. The van der Waals surface area contributed by atoms with E-state index in [1.54, 1.807) is 11.1 Å². The van der Waals surface area contributed by atoms with E-state index in [9.17, 15) is 0 Å². The summed E-state index contributed by atoms with van der Waals surface area (Å²) in [6.07, 6.45) is 8.52. The molecular weight excluding hydrogens is 180 g/mol. The van der Waals surface area contributed by atoms with Crippen molar-refractivity contribution in [3.05, 3.63) is 47.4 Å². The second-order valence-electron chi connectivity index (χ2n) is 4.47. The lowest BCUT2D eigenvalue weighted by Crippen LogP contribution is -2.00. The van der Waals surface area contributed by atoms with E-state index in [1.807, 2.05) is 0 Å². The molecule has 1 unspecified atom stereocenters. The van der Waals surface area contributed by atoms with Crippen LogP contribution in [0.1, 0.15) is 49.7 Å². The van der Waals surface area contributed by atoms with Crippen LogP contribution >= 0.6 is 0 Å². The quantitative estimate of drug-likeness (QED) is 0.631. The van der Waals surface area contributed by atoms with Crippen LogP contribution in [0.15, 0.2) is 29.8 Å². The molecule has 0 saturated heterocycles. The summed E-state index contributed by atoms with van der Waals surface area (Å²) < 4.78 is 0. The third kappa shape index (κ3) is 1.27. The minimum atomic E-state index is 0.636. The van der Waals surface area contributed by atoms with Gasteiger partial charge in [0, 0.05) is 12.3 Å². The Balaban J connectivity index is 2.15. The summed E-state index contributed by atoms with van der Waals surface area (Å²) >= 11 is 0. The van der Waals surface area contributed by atoms with E-state index in [4.69, 9.17) is 0 Å². The molecule has 3 rings (SSSR count). The minimum Gasteiger partial charge on any atom is -0.0645 e. The molecule has 2 aliphatic carbocycles. The average molecular weight is 196 g/mol. The Morgan fingerprint density at radius 1 is 1.33 bits per heavy atom. The van der Waals surface area contributed by atoms with Gasteiger partial charge in [0.1, 0.15) is 0 Å². The molecule has 0 heterocycles. The van der Waals surface area contributed by atoms with E-state index < -0.39 is 0 Å². The van der Waals surface area contributed by atoms with Gasteiger partial charge in [-0.05, 0) is 42.4 Å². The molecule has 1 aromatic carbocycles. The van der Waals surface area contributed by atoms with E-state index in [1.165, 1.54) is 30.4 Å². The van der Waals surface area contributed by atoms with Gasteiger partial charge in [0.2, 0.25) is 0 Å². The van der Waals surface area contributed by atoms with Crippen molar-refractivity contribution in [3.63, 3.8) is 0 Å². The van der Waals surface area contributed by atoms with Gasteiger partial charge in [-0.1, -0.05) is 36.8 Å². The van der Waals surface area contributed by atoms with Crippen LogP contribution in [0.25, 0.3) is 5.57 Å². The van der Waals surface area contributed by atoms with E-state index in [0.29, 0.717) is 5.92 Å². The van der Waals surface area contributed by atoms with Crippen LogP contribution in [0.2, 0.25) is 0 Å². The highest BCUT2D eigenvalue weighted by atomic mass is 14.3. The average Bonchev–Trinajstić information content (AvgIpc) is 2.63. The Morgan fingerprint density at radius 3 is 3.07 bits per heavy atom. The molecule has 1 atom stereocenters. The molecule has 0 N–H and O–H groups in total. The Kier molecular flexibility index (Phi) is 2.16. The molecule has 0 nitrogen and oxygen atoms in total. The highest BCUT2D eigenvalue weighted by molar-refractivity contribution is 5.80. The number of hydrogen-bond donors (Lipinski definition) is 0. The fourth-order valence-corrected chi connectivity index (χ4v) is 3.00. The SMILES string of the molecule is CCC1C2=C(CCC[C]2)c2ccccc21. The zero-order valence-corrected chi connectivity index (χ0v) is 9.22. The molecule has 0 fully saturated rings. The van der Waals surface area contributed by atoms with E-state index in [-0.39, 0.29) is 0 Å². The summed E-state index contributed by atoms with van der Waals surface area (Å²) in [7, 11) is 0. The molecule has 0 aliphatic heterocycles. The maximum absolute atomic E-state index is 3.61. The maximum atomic E-state index is 3.61. The van der Waals surface area contributed by atoms with Gasteiger partial charge < -0.3 is 0 Å². The molecule has 0 heteroatoms. The van der Waals surface area contributed by atoms with Gasteiger partial charge in [-0.2, -0.15) is 0 Å². The molecular formula is C15H16. The van der Waals surface area contributed by atoms with Crippen molar-refractivity contribution >= 4 is 5.57 Å². The lowest BCUT2D eigenvalue weighted by atomic mass is 9.86. The van der Waals surface area contributed by atoms with Crippen molar-refractivity contribution < 1.29 is 0 Å². The first kappa shape index (κ1) is 9.21. The Morgan fingerprint density at radius 2 is 2.20 bits per heavy atom. The van der Waals surface area contributed by atoms with Gasteiger partial charge in [0.25, 0.3) is 0 Å². The van der Waals surface area contributed by atoms with Crippen LogP contribution in [0, 0.1) is 6.42 Å². The highest BCUT2D eigenvalue weighted by Gasteiger charge is 2.30. The van der Waals surface area contributed by atoms with Crippen molar-refractivity contribution in [2.45, 2.75) is 38.5 Å². The smallest absolute Gasteiger partial charge is 0.0130 e. The number of benzene rings is 1. The summed E-state index contributed by atoms with van der Waals surface area (Å²) in [6, 6.07) is 8.91. The van der Waals surface area contributed by atoms with Gasteiger partial charge in [-0.25, -0.2) is 0 Å². The Bertz CT molecular complexity index is 412. The van der Waals surface area contributed by atoms with Crippen LogP contribution < -0.4 is 0 Å². The first-order valence-corrected chi connectivity index (χ1v) is 5.98. The van der Waals surface area contributed by atoms with E-state index >= 15 is 0 Å². The van der Waals surface area contributed by atoms with Crippen LogP contribution in [0.5, 0.6) is 0 Å². The standard InChI is InChI=1S/C15H16/c1-2-11-12-7-3-5-9-14(12)15-10-6-4-8-13(11)15/h3,5,7,9,11H,2,4,6,10H2,1H3. The van der Waals surface area contributed by atoms with Crippen LogP contribution in [0.4, 0.5) is 0 Å². The second kappa shape index (κ2) is 3.52. The number of fused-ring (bicyclic) bond motifs is 2. The molecule has 2 aliphatic rings. The maximum Gasteiger partial charge on any atom is 0.0130 e. The van der Waals surface area contributed by atoms with Gasteiger partial charge in [0.05, 0.1) is 0 Å². The third-order valence-corrected chi connectivity index (χ3v) is 3.66. The van der Waals surface area contributed by atoms with Crippen molar-refractivity contribution in [1.82, 2.24) is 0 Å². The normalized spacial score (nSPS) is 23.9.